The third kappa shape index (κ3) is 2.15. The Bertz CT molecular complexity index is 754. The Morgan fingerprint density at radius 3 is 2.58 bits per heavy atom. The van der Waals surface area contributed by atoms with E-state index in [0.717, 1.165) is 16.8 Å². The van der Waals surface area contributed by atoms with Crippen molar-refractivity contribution in [3.63, 3.8) is 0 Å². The molecule has 0 radical (unpaired) electrons. The van der Waals surface area contributed by atoms with Gasteiger partial charge in [0.2, 0.25) is 0 Å². The van der Waals surface area contributed by atoms with Gasteiger partial charge in [0.25, 0.3) is 0 Å². The van der Waals surface area contributed by atoms with E-state index < -0.39 is 5.97 Å². The summed E-state index contributed by atoms with van der Waals surface area (Å²) < 4.78 is 0. The summed E-state index contributed by atoms with van der Waals surface area (Å²) >= 11 is 0. The number of fused-ring (bicyclic) bond motifs is 1. The summed E-state index contributed by atoms with van der Waals surface area (Å²) in [6.45, 7) is 0. The second-order valence-electron chi connectivity index (χ2n) is 4.12. The summed E-state index contributed by atoms with van der Waals surface area (Å²) in [6.07, 6.45) is 1.70. The van der Waals surface area contributed by atoms with E-state index in [1.165, 1.54) is 0 Å². The maximum atomic E-state index is 11.0. The van der Waals surface area contributed by atoms with E-state index in [2.05, 4.69) is 9.97 Å². The first-order chi connectivity index (χ1) is 9.24. The van der Waals surface area contributed by atoms with E-state index in [9.17, 15) is 4.79 Å². The maximum absolute atomic E-state index is 11.0. The molecule has 0 spiro atoms. The molecule has 0 aliphatic carbocycles. The topological polar surface area (TPSA) is 63.1 Å². The zero-order valence-electron chi connectivity index (χ0n) is 9.95. The van der Waals surface area contributed by atoms with Gasteiger partial charge in [0.05, 0.1) is 22.5 Å². The van der Waals surface area contributed by atoms with Gasteiger partial charge in [-0.15, -0.1) is 0 Å². The first-order valence-electron chi connectivity index (χ1n) is 5.79. The van der Waals surface area contributed by atoms with E-state index >= 15 is 0 Å². The van der Waals surface area contributed by atoms with Crippen molar-refractivity contribution in [1.82, 2.24) is 9.97 Å². The fourth-order valence-corrected chi connectivity index (χ4v) is 1.91. The average Bonchev–Trinajstić information content (AvgIpc) is 2.47. The van der Waals surface area contributed by atoms with Crippen LogP contribution >= 0.6 is 0 Å². The highest BCUT2D eigenvalue weighted by atomic mass is 16.4. The van der Waals surface area contributed by atoms with Crippen LogP contribution in [0.4, 0.5) is 0 Å². The van der Waals surface area contributed by atoms with Gasteiger partial charge >= 0.3 is 5.97 Å². The van der Waals surface area contributed by atoms with Gasteiger partial charge in [-0.05, 0) is 30.3 Å². The Morgan fingerprint density at radius 2 is 1.84 bits per heavy atom. The molecule has 4 heteroatoms. The average molecular weight is 250 g/mol. The number of aromatic carboxylic acids is 1. The Labute approximate surface area is 109 Å². The number of carboxylic acids is 1. The number of carbonyl (C=O) groups is 1. The largest absolute Gasteiger partial charge is 0.478 e. The molecular weight excluding hydrogens is 240 g/mol. The van der Waals surface area contributed by atoms with Gasteiger partial charge in [-0.2, -0.15) is 0 Å². The molecule has 0 saturated heterocycles. The molecule has 19 heavy (non-hydrogen) atoms. The van der Waals surface area contributed by atoms with Crippen molar-refractivity contribution in [3.05, 3.63) is 60.3 Å². The van der Waals surface area contributed by atoms with Crippen LogP contribution in [0.3, 0.4) is 0 Å². The van der Waals surface area contributed by atoms with Crippen LogP contribution in [-0.2, 0) is 0 Å². The summed E-state index contributed by atoms with van der Waals surface area (Å²) in [6, 6.07) is 14.3. The molecule has 0 bridgehead atoms. The molecule has 0 fully saturated rings. The minimum absolute atomic E-state index is 0.234. The standard InChI is InChI=1S/C15H10N2O2/c18-15(19)11-5-4-10-6-7-13(17-14(10)9-11)12-3-1-2-8-16-12/h1-9H,(H,18,19). The van der Waals surface area contributed by atoms with Gasteiger partial charge in [-0.25, -0.2) is 9.78 Å². The van der Waals surface area contributed by atoms with E-state index in [4.69, 9.17) is 5.11 Å². The number of nitrogens with zero attached hydrogens (tertiary/aromatic N) is 2. The van der Waals surface area contributed by atoms with Crippen molar-refractivity contribution < 1.29 is 9.90 Å². The van der Waals surface area contributed by atoms with Gasteiger partial charge in [-0.1, -0.05) is 18.2 Å². The van der Waals surface area contributed by atoms with Gasteiger partial charge in [0.1, 0.15) is 0 Å². The highest BCUT2D eigenvalue weighted by Gasteiger charge is 2.06. The molecule has 0 unspecified atom stereocenters. The lowest BCUT2D eigenvalue weighted by molar-refractivity contribution is 0.0697. The SMILES string of the molecule is O=C(O)c1ccc2ccc(-c3ccccn3)nc2c1. The number of hydrogen-bond donors (Lipinski definition) is 1. The highest BCUT2D eigenvalue weighted by Crippen LogP contribution is 2.20. The van der Waals surface area contributed by atoms with Gasteiger partial charge in [-0.3, -0.25) is 4.98 Å². The zero-order chi connectivity index (χ0) is 13.2. The van der Waals surface area contributed by atoms with Gasteiger partial charge in [0, 0.05) is 11.6 Å². The summed E-state index contributed by atoms with van der Waals surface area (Å²) in [5.41, 5.74) is 2.39. The molecule has 1 N–H and O–H groups in total. The van der Waals surface area contributed by atoms with Crippen LogP contribution in [0.1, 0.15) is 10.4 Å². The quantitative estimate of drug-likeness (QED) is 0.759. The second kappa shape index (κ2) is 4.49. The third-order valence-corrected chi connectivity index (χ3v) is 2.87. The van der Waals surface area contributed by atoms with E-state index in [0.29, 0.717) is 5.52 Å². The molecule has 3 aromatic rings. The molecule has 0 amide bonds. The molecule has 1 aromatic carbocycles. The minimum atomic E-state index is -0.952. The summed E-state index contributed by atoms with van der Waals surface area (Å²) in [5, 5.41) is 9.90. The smallest absolute Gasteiger partial charge is 0.335 e. The molecule has 2 aromatic heterocycles. The first kappa shape index (κ1) is 11.3. The minimum Gasteiger partial charge on any atom is -0.478 e. The van der Waals surface area contributed by atoms with Crippen molar-refractivity contribution in [1.29, 1.82) is 0 Å². The van der Waals surface area contributed by atoms with E-state index in [-0.39, 0.29) is 5.56 Å². The molecule has 2 heterocycles. The van der Waals surface area contributed by atoms with Gasteiger partial charge < -0.3 is 5.11 Å². The molecular formula is C15H10N2O2. The Hall–Kier alpha value is -2.75. The fraction of sp³-hybridized carbons (Fsp3) is 0. The van der Waals surface area contributed by atoms with Crippen molar-refractivity contribution in [2.75, 3.05) is 0 Å². The van der Waals surface area contributed by atoms with E-state index in [1.807, 2.05) is 30.3 Å². The fourth-order valence-electron chi connectivity index (χ4n) is 1.91. The molecule has 0 aliphatic rings. The number of benzene rings is 1. The Kier molecular flexibility index (Phi) is 2.68. The van der Waals surface area contributed by atoms with Crippen LogP contribution in [0.25, 0.3) is 22.3 Å². The highest BCUT2D eigenvalue weighted by molar-refractivity contribution is 5.93. The number of carboxylic acid groups (broad SMARTS) is 1. The molecule has 0 saturated carbocycles. The van der Waals surface area contributed by atoms with Crippen LogP contribution in [0, 0.1) is 0 Å². The first-order valence-corrected chi connectivity index (χ1v) is 5.79. The number of pyridine rings is 2. The maximum Gasteiger partial charge on any atom is 0.335 e. The van der Waals surface area contributed by atoms with Crippen molar-refractivity contribution in [2.24, 2.45) is 0 Å². The molecule has 4 nitrogen and oxygen atoms in total. The van der Waals surface area contributed by atoms with Crippen LogP contribution in [0.15, 0.2) is 54.7 Å². The molecule has 3 rings (SSSR count). The van der Waals surface area contributed by atoms with Crippen molar-refractivity contribution >= 4 is 16.9 Å². The third-order valence-electron chi connectivity index (χ3n) is 2.87. The lowest BCUT2D eigenvalue weighted by atomic mass is 10.1. The van der Waals surface area contributed by atoms with Crippen molar-refractivity contribution in [2.45, 2.75) is 0 Å². The van der Waals surface area contributed by atoms with Crippen molar-refractivity contribution in [3.8, 4) is 11.4 Å². The second-order valence-corrected chi connectivity index (χ2v) is 4.12. The summed E-state index contributed by atoms with van der Waals surface area (Å²) in [7, 11) is 0. The zero-order valence-corrected chi connectivity index (χ0v) is 9.95. The predicted octanol–water partition coefficient (Wildman–Crippen LogP) is 3.00. The monoisotopic (exact) mass is 250 g/mol. The number of rotatable bonds is 2. The normalized spacial score (nSPS) is 10.5. The van der Waals surface area contributed by atoms with Crippen LogP contribution in [0.5, 0.6) is 0 Å². The van der Waals surface area contributed by atoms with Crippen LogP contribution in [-0.4, -0.2) is 21.0 Å². The Morgan fingerprint density at radius 1 is 1.00 bits per heavy atom. The lowest BCUT2D eigenvalue weighted by Crippen LogP contribution is -1.96. The molecule has 92 valence electrons. The molecule has 0 atom stereocenters. The number of aromatic nitrogens is 2. The Balaban J connectivity index is 2.16. The van der Waals surface area contributed by atoms with Crippen LogP contribution < -0.4 is 0 Å². The summed E-state index contributed by atoms with van der Waals surface area (Å²) in [4.78, 5) is 19.7. The van der Waals surface area contributed by atoms with Crippen LogP contribution in [0.2, 0.25) is 0 Å². The predicted molar refractivity (Wildman–Crippen MR) is 71.9 cm³/mol. The molecule has 0 aliphatic heterocycles. The number of hydrogen-bond acceptors (Lipinski definition) is 3. The lowest BCUT2D eigenvalue weighted by Gasteiger charge is -2.03. The summed E-state index contributed by atoms with van der Waals surface area (Å²) in [5.74, 6) is -0.952. The van der Waals surface area contributed by atoms with Gasteiger partial charge in [0.15, 0.2) is 0 Å². The van der Waals surface area contributed by atoms with E-state index in [1.54, 1.807) is 24.4 Å².